The average Bonchev–Trinajstić information content (AvgIpc) is 3.07. The van der Waals surface area contributed by atoms with E-state index in [2.05, 4.69) is 5.32 Å². The fourth-order valence-corrected chi connectivity index (χ4v) is 4.64. The summed E-state index contributed by atoms with van der Waals surface area (Å²) in [5.74, 6) is 0.259. The van der Waals surface area contributed by atoms with Crippen LogP contribution in [0, 0.1) is 6.92 Å². The van der Waals surface area contributed by atoms with Crippen LogP contribution in [0.25, 0.3) is 0 Å². The first-order valence-corrected chi connectivity index (χ1v) is 10.4. The van der Waals surface area contributed by atoms with Crippen LogP contribution >= 0.6 is 11.3 Å². The maximum atomic E-state index is 13.2. The highest BCUT2D eigenvalue weighted by Gasteiger charge is 2.45. The van der Waals surface area contributed by atoms with Crippen LogP contribution in [0.1, 0.15) is 33.8 Å². The summed E-state index contributed by atoms with van der Waals surface area (Å²) < 4.78 is 0. The smallest absolute Gasteiger partial charge is 0.263 e. The van der Waals surface area contributed by atoms with E-state index in [0.717, 1.165) is 35.0 Å². The van der Waals surface area contributed by atoms with Crippen molar-refractivity contribution in [3.05, 3.63) is 52.2 Å². The molecule has 5 nitrogen and oxygen atoms in total. The van der Waals surface area contributed by atoms with Crippen LogP contribution in [-0.2, 0) is 4.79 Å². The Kier molecular flexibility index (Phi) is 4.91. The van der Waals surface area contributed by atoms with E-state index in [-0.39, 0.29) is 11.8 Å². The Hall–Kier alpha value is -2.34. The lowest BCUT2D eigenvalue weighted by molar-refractivity contribution is -0.141. The number of piperidine rings is 1. The van der Waals surface area contributed by atoms with E-state index in [9.17, 15) is 9.59 Å². The molecule has 0 unspecified atom stereocenters. The Balaban J connectivity index is 1.51. The minimum absolute atomic E-state index is 0.0813. The third-order valence-corrected chi connectivity index (χ3v) is 6.55. The monoisotopic (exact) mass is 383 g/mol. The van der Waals surface area contributed by atoms with Crippen LogP contribution in [0.5, 0.6) is 0 Å². The number of thiophene rings is 1. The third-order valence-electron chi connectivity index (χ3n) is 5.57. The molecular weight excluding hydrogens is 358 g/mol. The highest BCUT2D eigenvalue weighted by atomic mass is 32.1. The maximum absolute atomic E-state index is 13.2. The number of carbonyl (C=O) groups is 2. The zero-order valence-corrected chi connectivity index (χ0v) is 16.4. The topological polar surface area (TPSA) is 52.7 Å². The molecule has 1 N–H and O–H groups in total. The van der Waals surface area contributed by atoms with Crippen LogP contribution in [-0.4, -0.2) is 53.3 Å². The van der Waals surface area contributed by atoms with Crippen molar-refractivity contribution in [2.75, 3.05) is 31.5 Å². The Bertz CT molecular complexity index is 821. The number of hydrogen-bond donors (Lipinski definition) is 1. The summed E-state index contributed by atoms with van der Waals surface area (Å²) in [6.45, 7) is 4.88. The van der Waals surface area contributed by atoms with Gasteiger partial charge in [-0.25, -0.2) is 0 Å². The minimum Gasteiger partial charge on any atom is -0.371 e. The first-order valence-electron chi connectivity index (χ1n) is 9.56. The summed E-state index contributed by atoms with van der Waals surface area (Å²) in [5, 5.41) is 3.52. The molecule has 2 fully saturated rings. The summed E-state index contributed by atoms with van der Waals surface area (Å²) in [6, 6.07) is 13.8. The summed E-state index contributed by atoms with van der Waals surface area (Å²) in [7, 11) is 0. The molecule has 1 aromatic carbocycles. The normalized spacial score (nSPS) is 18.7. The van der Waals surface area contributed by atoms with Crippen molar-refractivity contribution in [2.45, 2.75) is 31.7 Å². The second-order valence-corrected chi connectivity index (χ2v) is 8.71. The predicted octanol–water partition coefficient (Wildman–Crippen LogP) is 3.38. The van der Waals surface area contributed by atoms with E-state index in [0.29, 0.717) is 25.9 Å². The SMILES string of the molecule is Cc1ccc(C(=O)N2CCC(Nc3ccccc3)(C(=O)N3CCC3)CC2)s1. The number of para-hydroxylation sites is 1. The van der Waals surface area contributed by atoms with E-state index in [1.165, 1.54) is 11.3 Å². The van der Waals surface area contributed by atoms with Gasteiger partial charge in [0.15, 0.2) is 0 Å². The lowest BCUT2D eigenvalue weighted by atomic mass is 9.84. The molecule has 27 heavy (non-hydrogen) atoms. The van der Waals surface area contributed by atoms with Crippen LogP contribution in [0.3, 0.4) is 0 Å². The molecule has 0 atom stereocenters. The lowest BCUT2D eigenvalue weighted by Crippen LogP contribution is -2.62. The van der Waals surface area contributed by atoms with Gasteiger partial charge in [-0.2, -0.15) is 0 Å². The van der Waals surface area contributed by atoms with Crippen molar-refractivity contribution in [1.29, 1.82) is 0 Å². The number of nitrogens with zero attached hydrogens (tertiary/aromatic N) is 2. The molecule has 0 radical (unpaired) electrons. The number of amides is 2. The number of benzene rings is 1. The lowest BCUT2D eigenvalue weighted by Gasteiger charge is -2.46. The van der Waals surface area contributed by atoms with Gasteiger partial charge in [0.1, 0.15) is 5.54 Å². The van der Waals surface area contributed by atoms with E-state index < -0.39 is 5.54 Å². The van der Waals surface area contributed by atoms with Crippen molar-refractivity contribution in [2.24, 2.45) is 0 Å². The standard InChI is InChI=1S/C21H25N3O2S/c1-16-8-9-18(27-16)19(25)23-14-10-21(11-15-23,20(26)24-12-5-13-24)22-17-6-3-2-4-7-17/h2-4,6-9,22H,5,10-15H2,1H3. The Morgan fingerprint density at radius 3 is 2.22 bits per heavy atom. The Labute approximate surface area is 164 Å². The number of likely N-dealkylation sites (tertiary alicyclic amines) is 2. The molecule has 142 valence electrons. The highest BCUT2D eigenvalue weighted by molar-refractivity contribution is 7.13. The number of nitrogens with one attached hydrogen (secondary N) is 1. The number of rotatable bonds is 4. The van der Waals surface area contributed by atoms with E-state index >= 15 is 0 Å². The quantitative estimate of drug-likeness (QED) is 0.881. The molecule has 0 saturated carbocycles. The molecular formula is C21H25N3O2S. The molecule has 0 aliphatic carbocycles. The van der Waals surface area contributed by atoms with Gasteiger partial charge in [-0.3, -0.25) is 9.59 Å². The van der Waals surface area contributed by atoms with Gasteiger partial charge < -0.3 is 15.1 Å². The van der Waals surface area contributed by atoms with Gasteiger partial charge in [0.05, 0.1) is 4.88 Å². The molecule has 1 aromatic heterocycles. The first-order chi connectivity index (χ1) is 13.1. The third kappa shape index (κ3) is 3.58. The Morgan fingerprint density at radius 1 is 0.963 bits per heavy atom. The van der Waals surface area contributed by atoms with Gasteiger partial charge in [0, 0.05) is 36.7 Å². The largest absolute Gasteiger partial charge is 0.371 e. The second-order valence-electron chi connectivity index (χ2n) is 7.42. The molecule has 2 aromatic rings. The van der Waals surface area contributed by atoms with E-state index in [1.54, 1.807) is 0 Å². The van der Waals surface area contributed by atoms with Crippen LogP contribution in [0.2, 0.25) is 0 Å². The fraction of sp³-hybridized carbons (Fsp3) is 0.429. The molecule has 2 aliphatic rings. The van der Waals surface area contributed by atoms with Crippen molar-refractivity contribution < 1.29 is 9.59 Å². The van der Waals surface area contributed by atoms with Crippen LogP contribution in [0.15, 0.2) is 42.5 Å². The van der Waals surface area contributed by atoms with Crippen LogP contribution < -0.4 is 5.32 Å². The second kappa shape index (κ2) is 7.35. The van der Waals surface area contributed by atoms with E-state index in [1.807, 2.05) is 59.2 Å². The summed E-state index contributed by atoms with van der Waals surface area (Å²) in [5.41, 5.74) is 0.337. The summed E-state index contributed by atoms with van der Waals surface area (Å²) in [4.78, 5) is 31.7. The van der Waals surface area contributed by atoms with Gasteiger partial charge in [-0.05, 0) is 50.5 Å². The maximum Gasteiger partial charge on any atom is 0.263 e. The van der Waals surface area contributed by atoms with Crippen molar-refractivity contribution >= 4 is 28.8 Å². The van der Waals surface area contributed by atoms with Gasteiger partial charge in [-0.1, -0.05) is 18.2 Å². The van der Waals surface area contributed by atoms with Gasteiger partial charge >= 0.3 is 0 Å². The summed E-state index contributed by atoms with van der Waals surface area (Å²) >= 11 is 1.53. The number of carbonyl (C=O) groups excluding carboxylic acids is 2. The van der Waals surface area contributed by atoms with E-state index in [4.69, 9.17) is 0 Å². The van der Waals surface area contributed by atoms with Gasteiger partial charge in [0.2, 0.25) is 5.91 Å². The number of aryl methyl sites for hydroxylation is 1. The van der Waals surface area contributed by atoms with Crippen molar-refractivity contribution in [3.63, 3.8) is 0 Å². The number of hydrogen-bond acceptors (Lipinski definition) is 4. The van der Waals surface area contributed by atoms with Crippen molar-refractivity contribution in [1.82, 2.24) is 9.80 Å². The molecule has 2 aliphatic heterocycles. The van der Waals surface area contributed by atoms with Crippen LogP contribution in [0.4, 0.5) is 5.69 Å². The van der Waals surface area contributed by atoms with Gasteiger partial charge in [-0.15, -0.1) is 11.3 Å². The molecule has 4 rings (SSSR count). The molecule has 2 saturated heterocycles. The first kappa shape index (κ1) is 18.0. The zero-order valence-electron chi connectivity index (χ0n) is 15.6. The summed E-state index contributed by atoms with van der Waals surface area (Å²) in [6.07, 6.45) is 2.34. The highest BCUT2D eigenvalue weighted by Crippen LogP contribution is 2.32. The molecule has 2 amide bonds. The fourth-order valence-electron chi connectivity index (χ4n) is 3.81. The predicted molar refractivity (Wildman–Crippen MR) is 108 cm³/mol. The minimum atomic E-state index is -0.621. The molecule has 0 spiro atoms. The Morgan fingerprint density at radius 2 is 1.67 bits per heavy atom. The molecule has 0 bridgehead atoms. The molecule has 6 heteroatoms. The number of anilines is 1. The van der Waals surface area contributed by atoms with Gasteiger partial charge in [0.25, 0.3) is 5.91 Å². The molecule has 3 heterocycles. The van der Waals surface area contributed by atoms with Crippen molar-refractivity contribution in [3.8, 4) is 0 Å². The zero-order chi connectivity index (χ0) is 18.9. The average molecular weight is 384 g/mol.